The standard InChI is InChI=1S/C6H8BBrO2S3/c1-11-5-3(7(9)10)4(8)6(12-2)13-5/h9-10H,1-2H3. The van der Waals surface area contributed by atoms with E-state index in [1.807, 2.05) is 12.5 Å². The van der Waals surface area contributed by atoms with Crippen molar-refractivity contribution in [1.29, 1.82) is 0 Å². The molecule has 1 rings (SSSR count). The highest BCUT2D eigenvalue weighted by Crippen LogP contribution is 2.36. The lowest BCUT2D eigenvalue weighted by atomic mass is 9.83. The van der Waals surface area contributed by atoms with Gasteiger partial charge in [-0.15, -0.1) is 34.9 Å². The molecular formula is C6H8BBrO2S3. The first kappa shape index (κ1) is 11.9. The molecule has 2 nitrogen and oxygen atoms in total. The van der Waals surface area contributed by atoms with Gasteiger partial charge in [-0.3, -0.25) is 0 Å². The Balaban J connectivity index is 3.20. The Morgan fingerprint density at radius 2 is 1.77 bits per heavy atom. The van der Waals surface area contributed by atoms with E-state index in [4.69, 9.17) is 10.0 Å². The second kappa shape index (κ2) is 5.09. The minimum absolute atomic E-state index is 0.585. The summed E-state index contributed by atoms with van der Waals surface area (Å²) in [6, 6.07) is 0. The first-order valence-corrected chi connectivity index (χ1v) is 7.44. The van der Waals surface area contributed by atoms with E-state index < -0.39 is 7.12 Å². The van der Waals surface area contributed by atoms with Gasteiger partial charge in [-0.25, -0.2) is 0 Å². The molecule has 0 radical (unpaired) electrons. The van der Waals surface area contributed by atoms with Crippen molar-refractivity contribution in [1.82, 2.24) is 0 Å². The quantitative estimate of drug-likeness (QED) is 0.657. The van der Waals surface area contributed by atoms with E-state index in [0.29, 0.717) is 5.46 Å². The van der Waals surface area contributed by atoms with Gasteiger partial charge in [0, 0.05) is 9.94 Å². The molecule has 0 aliphatic carbocycles. The summed E-state index contributed by atoms with van der Waals surface area (Å²) in [4.78, 5) is 0. The van der Waals surface area contributed by atoms with E-state index in [9.17, 15) is 0 Å². The fraction of sp³-hybridized carbons (Fsp3) is 0.333. The first-order valence-electron chi connectivity index (χ1n) is 3.38. The zero-order valence-electron chi connectivity index (χ0n) is 7.07. The van der Waals surface area contributed by atoms with Crippen LogP contribution >= 0.6 is 50.8 Å². The Bertz CT molecular complexity index is 302. The van der Waals surface area contributed by atoms with Crippen LogP contribution in [0, 0.1) is 0 Å². The number of hydrogen-bond acceptors (Lipinski definition) is 5. The second-order valence-electron chi connectivity index (χ2n) is 2.19. The zero-order valence-corrected chi connectivity index (χ0v) is 11.1. The molecule has 0 fully saturated rings. The number of thioether (sulfide) groups is 2. The second-order valence-corrected chi connectivity index (χ2v) is 6.15. The van der Waals surface area contributed by atoms with Crippen LogP contribution in [0.1, 0.15) is 0 Å². The van der Waals surface area contributed by atoms with E-state index in [0.717, 1.165) is 12.9 Å². The van der Waals surface area contributed by atoms with Gasteiger partial charge < -0.3 is 10.0 Å². The summed E-state index contributed by atoms with van der Waals surface area (Å²) in [5, 5.41) is 18.3. The Morgan fingerprint density at radius 1 is 1.23 bits per heavy atom. The lowest BCUT2D eigenvalue weighted by Gasteiger charge is -1.99. The van der Waals surface area contributed by atoms with Gasteiger partial charge in [-0.2, -0.15) is 0 Å². The highest BCUT2D eigenvalue weighted by molar-refractivity contribution is 9.10. The molecule has 1 aromatic heterocycles. The van der Waals surface area contributed by atoms with Crippen LogP contribution in [0.5, 0.6) is 0 Å². The number of thiophene rings is 1. The molecule has 0 aliphatic rings. The van der Waals surface area contributed by atoms with Crippen LogP contribution in [-0.4, -0.2) is 29.7 Å². The highest BCUT2D eigenvalue weighted by atomic mass is 79.9. The molecule has 0 atom stereocenters. The van der Waals surface area contributed by atoms with Crippen molar-refractivity contribution in [2.45, 2.75) is 8.42 Å². The van der Waals surface area contributed by atoms with Crippen LogP contribution in [0.25, 0.3) is 0 Å². The lowest BCUT2D eigenvalue weighted by molar-refractivity contribution is 0.425. The summed E-state index contributed by atoms with van der Waals surface area (Å²) in [5.41, 5.74) is 0.585. The van der Waals surface area contributed by atoms with Crippen molar-refractivity contribution in [3.63, 3.8) is 0 Å². The van der Waals surface area contributed by atoms with Crippen LogP contribution in [-0.2, 0) is 0 Å². The maximum atomic E-state index is 9.13. The molecule has 72 valence electrons. The summed E-state index contributed by atoms with van der Waals surface area (Å²) < 4.78 is 2.84. The summed E-state index contributed by atoms with van der Waals surface area (Å²) in [5.74, 6) is 0. The van der Waals surface area contributed by atoms with Crippen molar-refractivity contribution in [3.05, 3.63) is 4.47 Å². The predicted octanol–water partition coefficient (Wildman–Crippen LogP) is 1.63. The molecule has 0 saturated carbocycles. The third-order valence-electron chi connectivity index (χ3n) is 1.45. The van der Waals surface area contributed by atoms with Gasteiger partial charge in [0.25, 0.3) is 0 Å². The topological polar surface area (TPSA) is 40.5 Å². The Hall–Kier alpha value is 0.865. The molecule has 0 bridgehead atoms. The van der Waals surface area contributed by atoms with Crippen LogP contribution < -0.4 is 5.46 Å². The van der Waals surface area contributed by atoms with E-state index in [-0.39, 0.29) is 0 Å². The van der Waals surface area contributed by atoms with E-state index in [1.54, 1.807) is 23.1 Å². The normalized spacial score (nSPS) is 10.5. The van der Waals surface area contributed by atoms with E-state index in [1.165, 1.54) is 11.8 Å². The zero-order chi connectivity index (χ0) is 10.0. The predicted molar refractivity (Wildman–Crippen MR) is 65.4 cm³/mol. The van der Waals surface area contributed by atoms with Crippen molar-refractivity contribution < 1.29 is 10.0 Å². The number of halogens is 1. The third-order valence-corrected chi connectivity index (χ3v) is 6.26. The Labute approximate surface area is 98.4 Å². The van der Waals surface area contributed by atoms with Crippen molar-refractivity contribution >= 4 is 63.4 Å². The monoisotopic (exact) mass is 298 g/mol. The molecule has 2 N–H and O–H groups in total. The van der Waals surface area contributed by atoms with Crippen molar-refractivity contribution in [3.8, 4) is 0 Å². The molecule has 1 heterocycles. The molecule has 0 aromatic carbocycles. The fourth-order valence-electron chi connectivity index (χ4n) is 0.885. The average Bonchev–Trinajstić information content (AvgIpc) is 2.41. The van der Waals surface area contributed by atoms with Gasteiger partial charge in [0.15, 0.2) is 0 Å². The molecule has 0 unspecified atom stereocenters. The Morgan fingerprint density at radius 3 is 2.08 bits per heavy atom. The van der Waals surface area contributed by atoms with Crippen molar-refractivity contribution in [2.75, 3.05) is 12.5 Å². The Kier molecular flexibility index (Phi) is 4.67. The smallest absolute Gasteiger partial charge is 0.423 e. The molecular weight excluding hydrogens is 291 g/mol. The van der Waals surface area contributed by atoms with Crippen LogP contribution in [0.15, 0.2) is 12.9 Å². The molecule has 0 amide bonds. The first-order chi connectivity index (χ1) is 6.11. The van der Waals surface area contributed by atoms with E-state index in [2.05, 4.69) is 15.9 Å². The maximum Gasteiger partial charge on any atom is 0.491 e. The number of rotatable bonds is 3. The van der Waals surface area contributed by atoms with Gasteiger partial charge >= 0.3 is 7.12 Å². The highest BCUT2D eigenvalue weighted by Gasteiger charge is 2.24. The maximum absolute atomic E-state index is 9.13. The molecule has 13 heavy (non-hydrogen) atoms. The van der Waals surface area contributed by atoms with Gasteiger partial charge in [0.05, 0.1) is 8.42 Å². The van der Waals surface area contributed by atoms with Gasteiger partial charge in [-0.1, -0.05) is 0 Å². The summed E-state index contributed by atoms with van der Waals surface area (Å²) in [6.07, 6.45) is 3.89. The molecule has 1 aromatic rings. The van der Waals surface area contributed by atoms with Crippen LogP contribution in [0.4, 0.5) is 0 Å². The average molecular weight is 299 g/mol. The minimum atomic E-state index is -1.39. The fourth-order valence-corrected chi connectivity index (χ4v) is 5.01. The summed E-state index contributed by atoms with van der Waals surface area (Å²) >= 11 is 8.06. The molecule has 0 spiro atoms. The number of hydrogen-bond donors (Lipinski definition) is 2. The van der Waals surface area contributed by atoms with Gasteiger partial charge in [0.2, 0.25) is 0 Å². The molecule has 0 saturated heterocycles. The van der Waals surface area contributed by atoms with Crippen LogP contribution in [0.3, 0.4) is 0 Å². The van der Waals surface area contributed by atoms with Crippen molar-refractivity contribution in [2.24, 2.45) is 0 Å². The summed E-state index contributed by atoms with van der Waals surface area (Å²) in [6.45, 7) is 0. The lowest BCUT2D eigenvalue weighted by Crippen LogP contribution is -2.30. The summed E-state index contributed by atoms with van der Waals surface area (Å²) in [7, 11) is -1.39. The van der Waals surface area contributed by atoms with E-state index >= 15 is 0 Å². The minimum Gasteiger partial charge on any atom is -0.423 e. The molecule has 0 aliphatic heterocycles. The van der Waals surface area contributed by atoms with Gasteiger partial charge in [-0.05, 0) is 28.4 Å². The van der Waals surface area contributed by atoms with Crippen LogP contribution in [0.2, 0.25) is 0 Å². The van der Waals surface area contributed by atoms with Gasteiger partial charge in [0.1, 0.15) is 0 Å². The molecule has 7 heteroatoms. The SMILES string of the molecule is CSc1sc(SC)c(B(O)O)c1Br. The largest absolute Gasteiger partial charge is 0.491 e. The third kappa shape index (κ3) is 2.46.